The van der Waals surface area contributed by atoms with Crippen LogP contribution in [0.15, 0.2) is 36.4 Å². The Labute approximate surface area is 120 Å². The zero-order valence-electron chi connectivity index (χ0n) is 11.3. The fourth-order valence-electron chi connectivity index (χ4n) is 1.91. The number of hydrogen-bond acceptors (Lipinski definition) is 4. The number of aryl methyl sites for hydroxylation is 1. The van der Waals surface area contributed by atoms with Gasteiger partial charge in [-0.25, -0.2) is 4.39 Å². The predicted octanol–water partition coefficient (Wildman–Crippen LogP) is 3.53. The van der Waals surface area contributed by atoms with E-state index in [-0.39, 0.29) is 17.8 Å². The SMILES string of the molecule is Cc1ccc(NCc2cc(C#N)ccc2F)c([N+](=O)[O-])c1. The van der Waals surface area contributed by atoms with Crippen LogP contribution in [0.2, 0.25) is 0 Å². The van der Waals surface area contributed by atoms with Crippen molar-refractivity contribution in [3.63, 3.8) is 0 Å². The van der Waals surface area contributed by atoms with Crippen LogP contribution in [0.3, 0.4) is 0 Å². The van der Waals surface area contributed by atoms with Crippen molar-refractivity contribution in [1.82, 2.24) is 0 Å². The second-order valence-corrected chi connectivity index (χ2v) is 4.55. The third kappa shape index (κ3) is 3.34. The van der Waals surface area contributed by atoms with Gasteiger partial charge in [0.1, 0.15) is 11.5 Å². The van der Waals surface area contributed by atoms with Crippen molar-refractivity contribution >= 4 is 11.4 Å². The average molecular weight is 285 g/mol. The monoisotopic (exact) mass is 285 g/mol. The fourth-order valence-corrected chi connectivity index (χ4v) is 1.91. The minimum absolute atomic E-state index is 0.0608. The minimum Gasteiger partial charge on any atom is -0.375 e. The molecule has 0 spiro atoms. The zero-order chi connectivity index (χ0) is 15.4. The minimum atomic E-state index is -0.489. The quantitative estimate of drug-likeness (QED) is 0.688. The molecule has 0 amide bonds. The summed E-state index contributed by atoms with van der Waals surface area (Å²) >= 11 is 0. The summed E-state index contributed by atoms with van der Waals surface area (Å²) in [6.45, 7) is 1.82. The number of rotatable bonds is 4. The summed E-state index contributed by atoms with van der Waals surface area (Å²) in [5.74, 6) is -0.462. The third-order valence-corrected chi connectivity index (χ3v) is 2.99. The topological polar surface area (TPSA) is 79.0 Å². The van der Waals surface area contributed by atoms with Crippen LogP contribution >= 0.6 is 0 Å². The van der Waals surface area contributed by atoms with Crippen LogP contribution in [0.5, 0.6) is 0 Å². The highest BCUT2D eigenvalue weighted by atomic mass is 19.1. The van der Waals surface area contributed by atoms with Crippen molar-refractivity contribution in [2.24, 2.45) is 0 Å². The molecule has 0 fully saturated rings. The first kappa shape index (κ1) is 14.5. The van der Waals surface area contributed by atoms with Crippen LogP contribution in [0.4, 0.5) is 15.8 Å². The van der Waals surface area contributed by atoms with Crippen molar-refractivity contribution < 1.29 is 9.31 Å². The van der Waals surface area contributed by atoms with Crippen molar-refractivity contribution in [1.29, 1.82) is 5.26 Å². The van der Waals surface area contributed by atoms with E-state index in [1.165, 1.54) is 24.3 Å². The molecular weight excluding hydrogens is 273 g/mol. The van der Waals surface area contributed by atoms with Crippen LogP contribution in [0, 0.1) is 34.2 Å². The molecule has 0 radical (unpaired) electrons. The average Bonchev–Trinajstić information content (AvgIpc) is 2.47. The second-order valence-electron chi connectivity index (χ2n) is 4.55. The van der Waals surface area contributed by atoms with Crippen LogP contribution in [0.25, 0.3) is 0 Å². The fraction of sp³-hybridized carbons (Fsp3) is 0.133. The first-order valence-electron chi connectivity index (χ1n) is 6.18. The van der Waals surface area contributed by atoms with Crippen LogP contribution in [-0.4, -0.2) is 4.92 Å². The molecule has 0 aromatic heterocycles. The molecule has 0 aliphatic rings. The molecule has 21 heavy (non-hydrogen) atoms. The van der Waals surface area contributed by atoms with Gasteiger partial charge in [0.2, 0.25) is 0 Å². The van der Waals surface area contributed by atoms with E-state index in [4.69, 9.17) is 5.26 Å². The lowest BCUT2D eigenvalue weighted by atomic mass is 10.1. The highest BCUT2D eigenvalue weighted by Crippen LogP contribution is 2.26. The number of benzene rings is 2. The Balaban J connectivity index is 2.25. The maximum atomic E-state index is 13.6. The number of nitro benzene ring substituents is 1. The lowest BCUT2D eigenvalue weighted by Crippen LogP contribution is -2.05. The maximum absolute atomic E-state index is 13.6. The van der Waals surface area contributed by atoms with Gasteiger partial charge in [0.25, 0.3) is 5.69 Å². The summed E-state index contributed by atoms with van der Waals surface area (Å²) in [5.41, 5.74) is 1.64. The molecule has 0 saturated carbocycles. The Morgan fingerprint density at radius 2 is 2.10 bits per heavy atom. The number of nitriles is 1. The van der Waals surface area contributed by atoms with Crippen LogP contribution < -0.4 is 5.32 Å². The Kier molecular flexibility index (Phi) is 4.14. The summed E-state index contributed by atoms with van der Waals surface area (Å²) in [5, 5.41) is 22.6. The molecule has 0 aliphatic heterocycles. The molecule has 0 atom stereocenters. The van der Waals surface area contributed by atoms with E-state index in [0.717, 1.165) is 5.56 Å². The van der Waals surface area contributed by atoms with E-state index in [0.29, 0.717) is 11.3 Å². The molecule has 1 N–H and O–H groups in total. The van der Waals surface area contributed by atoms with Gasteiger partial charge in [0, 0.05) is 18.2 Å². The number of halogens is 1. The molecular formula is C15H12FN3O2. The Morgan fingerprint density at radius 1 is 1.33 bits per heavy atom. The van der Waals surface area contributed by atoms with Gasteiger partial charge >= 0.3 is 0 Å². The Hall–Kier alpha value is -2.94. The van der Waals surface area contributed by atoms with Crippen molar-refractivity contribution in [2.45, 2.75) is 13.5 Å². The molecule has 6 heteroatoms. The van der Waals surface area contributed by atoms with Gasteiger partial charge in [-0.3, -0.25) is 10.1 Å². The largest absolute Gasteiger partial charge is 0.375 e. The number of nitro groups is 1. The molecule has 0 unspecified atom stereocenters. The smallest absolute Gasteiger partial charge is 0.292 e. The molecule has 0 bridgehead atoms. The van der Waals surface area contributed by atoms with E-state index < -0.39 is 10.7 Å². The molecule has 2 aromatic carbocycles. The van der Waals surface area contributed by atoms with Gasteiger partial charge in [-0.1, -0.05) is 6.07 Å². The Morgan fingerprint density at radius 3 is 2.76 bits per heavy atom. The van der Waals surface area contributed by atoms with E-state index in [1.807, 2.05) is 6.07 Å². The van der Waals surface area contributed by atoms with Crippen LogP contribution in [0.1, 0.15) is 16.7 Å². The maximum Gasteiger partial charge on any atom is 0.292 e. The summed E-state index contributed by atoms with van der Waals surface area (Å²) in [7, 11) is 0. The molecule has 0 saturated heterocycles. The highest BCUT2D eigenvalue weighted by molar-refractivity contribution is 5.62. The van der Waals surface area contributed by atoms with Gasteiger partial charge in [0.15, 0.2) is 0 Å². The normalized spacial score (nSPS) is 9.95. The molecule has 0 aliphatic carbocycles. The van der Waals surface area contributed by atoms with Gasteiger partial charge in [0.05, 0.1) is 16.6 Å². The first-order chi connectivity index (χ1) is 10.0. The molecule has 5 nitrogen and oxygen atoms in total. The lowest BCUT2D eigenvalue weighted by Gasteiger charge is -2.09. The summed E-state index contributed by atoms with van der Waals surface area (Å²) < 4.78 is 13.6. The number of anilines is 1. The lowest BCUT2D eigenvalue weighted by molar-refractivity contribution is -0.384. The van der Waals surface area contributed by atoms with Gasteiger partial charge in [-0.05, 0) is 36.8 Å². The standard InChI is InChI=1S/C15H12FN3O2/c1-10-2-5-14(15(6-10)19(20)21)18-9-12-7-11(8-17)3-4-13(12)16/h2-7,18H,9H2,1H3. The van der Waals surface area contributed by atoms with Gasteiger partial charge in [-0.2, -0.15) is 5.26 Å². The predicted molar refractivity (Wildman–Crippen MR) is 76.3 cm³/mol. The van der Waals surface area contributed by atoms with Crippen LogP contribution in [-0.2, 0) is 6.54 Å². The third-order valence-electron chi connectivity index (χ3n) is 2.99. The second kappa shape index (κ2) is 6.01. The van der Waals surface area contributed by atoms with Gasteiger partial charge in [-0.15, -0.1) is 0 Å². The summed E-state index contributed by atoms with van der Waals surface area (Å²) in [6.07, 6.45) is 0. The van der Waals surface area contributed by atoms with Gasteiger partial charge < -0.3 is 5.32 Å². The number of nitrogens with zero attached hydrogens (tertiary/aromatic N) is 2. The summed E-state index contributed by atoms with van der Waals surface area (Å²) in [4.78, 5) is 10.5. The van der Waals surface area contributed by atoms with E-state index in [2.05, 4.69) is 5.32 Å². The summed E-state index contributed by atoms with van der Waals surface area (Å²) in [6, 6.07) is 10.7. The number of hydrogen-bond donors (Lipinski definition) is 1. The van der Waals surface area contributed by atoms with E-state index in [9.17, 15) is 14.5 Å². The molecule has 0 heterocycles. The first-order valence-corrected chi connectivity index (χ1v) is 6.18. The number of nitrogens with one attached hydrogen (secondary N) is 1. The molecule has 2 aromatic rings. The zero-order valence-corrected chi connectivity index (χ0v) is 11.3. The Bertz CT molecular complexity index is 738. The van der Waals surface area contributed by atoms with Crippen molar-refractivity contribution in [2.75, 3.05) is 5.32 Å². The highest BCUT2D eigenvalue weighted by Gasteiger charge is 2.14. The van der Waals surface area contributed by atoms with E-state index >= 15 is 0 Å². The molecule has 2 rings (SSSR count). The van der Waals surface area contributed by atoms with E-state index in [1.54, 1.807) is 19.1 Å². The molecule has 106 valence electrons. The van der Waals surface area contributed by atoms with Crippen molar-refractivity contribution in [3.05, 3.63) is 69.0 Å². The van der Waals surface area contributed by atoms with Crippen molar-refractivity contribution in [3.8, 4) is 6.07 Å².